The minimum absolute atomic E-state index is 0.318. The van der Waals surface area contributed by atoms with Crippen molar-refractivity contribution in [1.82, 2.24) is 5.32 Å². The highest BCUT2D eigenvalue weighted by Crippen LogP contribution is 2.15. The van der Waals surface area contributed by atoms with E-state index in [1.807, 2.05) is 0 Å². The van der Waals surface area contributed by atoms with E-state index in [0.717, 1.165) is 38.5 Å². The number of unbranched alkanes of at least 4 members (excludes halogenated alkanes) is 21. The van der Waals surface area contributed by atoms with Crippen molar-refractivity contribution in [1.29, 1.82) is 0 Å². The van der Waals surface area contributed by atoms with Crippen LogP contribution in [0, 0.1) is 0 Å². The fraction of sp³-hybridized carbons (Fsp3) is 0.914. The molecule has 0 fully saturated rings. The average molecular weight is 568 g/mol. The van der Waals surface area contributed by atoms with Crippen molar-refractivity contribution in [3.05, 3.63) is 12.2 Å². The third-order valence-corrected chi connectivity index (χ3v) is 8.13. The standard InChI is InChI=1S/C35H69NO4/c1-3-5-7-9-11-13-15-17-18-20-21-23-25-27-29-33(38)32(31-37)36-35(40)34(39)30-28-26-24-22-19-16-14-12-10-8-6-4-2/h19,22,32-34,37-39H,3-18,20-21,23-31H2,1-2H3,(H,36,40)/b22-19-. The predicted molar refractivity (Wildman–Crippen MR) is 172 cm³/mol. The number of amides is 1. The predicted octanol–water partition coefficient (Wildman–Crippen LogP) is 8.92. The highest BCUT2D eigenvalue weighted by atomic mass is 16.3. The second-order valence-corrected chi connectivity index (χ2v) is 12.1. The van der Waals surface area contributed by atoms with Gasteiger partial charge in [0.2, 0.25) is 5.91 Å². The number of nitrogens with one attached hydrogen (secondary N) is 1. The molecule has 0 aliphatic rings. The van der Waals surface area contributed by atoms with E-state index in [4.69, 9.17) is 0 Å². The molecule has 0 rings (SSSR count). The van der Waals surface area contributed by atoms with Crippen LogP contribution in [0.2, 0.25) is 0 Å². The number of hydrogen-bond acceptors (Lipinski definition) is 4. The fourth-order valence-electron chi connectivity index (χ4n) is 5.30. The van der Waals surface area contributed by atoms with E-state index < -0.39 is 24.2 Å². The van der Waals surface area contributed by atoms with Gasteiger partial charge in [0.05, 0.1) is 18.8 Å². The zero-order valence-electron chi connectivity index (χ0n) is 26.7. The van der Waals surface area contributed by atoms with Gasteiger partial charge in [-0.2, -0.15) is 0 Å². The van der Waals surface area contributed by atoms with E-state index in [0.29, 0.717) is 12.8 Å². The van der Waals surface area contributed by atoms with Crippen molar-refractivity contribution >= 4 is 5.91 Å². The summed E-state index contributed by atoms with van der Waals surface area (Å²) in [6.07, 6.45) is 33.3. The maximum absolute atomic E-state index is 12.4. The Balaban J connectivity index is 3.73. The summed E-state index contributed by atoms with van der Waals surface area (Å²) in [5, 5.41) is 33.0. The number of carbonyl (C=O) groups is 1. The van der Waals surface area contributed by atoms with Gasteiger partial charge in [-0.1, -0.05) is 154 Å². The summed E-state index contributed by atoms with van der Waals surface area (Å²) in [5.74, 6) is -0.488. The van der Waals surface area contributed by atoms with Gasteiger partial charge in [-0.05, 0) is 38.5 Å². The Morgan fingerprint density at radius 2 is 0.950 bits per heavy atom. The number of aliphatic hydroxyl groups is 3. The van der Waals surface area contributed by atoms with Crippen LogP contribution >= 0.6 is 0 Å². The lowest BCUT2D eigenvalue weighted by Crippen LogP contribution is -2.49. The summed E-state index contributed by atoms with van der Waals surface area (Å²) in [6, 6.07) is -0.714. The van der Waals surface area contributed by atoms with Gasteiger partial charge in [-0.15, -0.1) is 0 Å². The summed E-state index contributed by atoms with van der Waals surface area (Å²) < 4.78 is 0. The second-order valence-electron chi connectivity index (χ2n) is 12.1. The SMILES string of the molecule is CCCCCCCC/C=C\CCCCC(O)C(=O)NC(CO)C(O)CCCCCCCCCCCCCCCC. The van der Waals surface area contributed by atoms with E-state index in [-0.39, 0.29) is 6.61 Å². The maximum atomic E-state index is 12.4. The minimum Gasteiger partial charge on any atom is -0.394 e. The van der Waals surface area contributed by atoms with Crippen molar-refractivity contribution in [2.75, 3.05) is 6.61 Å². The van der Waals surface area contributed by atoms with Gasteiger partial charge >= 0.3 is 0 Å². The van der Waals surface area contributed by atoms with Crippen molar-refractivity contribution < 1.29 is 20.1 Å². The Kier molecular flexibility index (Phi) is 30.3. The summed E-state index contributed by atoms with van der Waals surface area (Å²) in [7, 11) is 0. The van der Waals surface area contributed by atoms with Crippen LogP contribution in [0.15, 0.2) is 12.2 Å². The Morgan fingerprint density at radius 3 is 1.40 bits per heavy atom. The van der Waals surface area contributed by atoms with Crippen LogP contribution in [0.25, 0.3) is 0 Å². The normalized spacial score (nSPS) is 14.0. The third kappa shape index (κ3) is 26.0. The second kappa shape index (κ2) is 31.0. The first-order chi connectivity index (χ1) is 19.6. The quantitative estimate of drug-likeness (QED) is 0.0497. The van der Waals surface area contributed by atoms with E-state index in [9.17, 15) is 20.1 Å². The van der Waals surface area contributed by atoms with Crippen LogP contribution in [0.1, 0.15) is 181 Å². The number of aliphatic hydroxyl groups excluding tert-OH is 3. The molecule has 0 spiro atoms. The lowest BCUT2D eigenvalue weighted by atomic mass is 10.0. The Morgan fingerprint density at radius 1 is 0.575 bits per heavy atom. The van der Waals surface area contributed by atoms with Gasteiger partial charge in [-0.3, -0.25) is 4.79 Å². The molecule has 3 atom stereocenters. The van der Waals surface area contributed by atoms with Crippen LogP contribution in [0.5, 0.6) is 0 Å². The minimum atomic E-state index is -1.09. The van der Waals surface area contributed by atoms with Gasteiger partial charge < -0.3 is 20.6 Å². The molecule has 40 heavy (non-hydrogen) atoms. The van der Waals surface area contributed by atoms with Gasteiger partial charge in [-0.25, -0.2) is 0 Å². The van der Waals surface area contributed by atoms with Crippen molar-refractivity contribution in [3.63, 3.8) is 0 Å². The molecule has 0 aliphatic heterocycles. The summed E-state index contributed by atoms with van der Waals surface area (Å²) >= 11 is 0. The Hall–Kier alpha value is -0.910. The number of rotatable bonds is 31. The molecule has 0 bridgehead atoms. The number of hydrogen-bond donors (Lipinski definition) is 4. The lowest BCUT2D eigenvalue weighted by Gasteiger charge is -2.23. The molecule has 0 saturated carbocycles. The van der Waals surface area contributed by atoms with Gasteiger partial charge in [0.1, 0.15) is 6.10 Å². The molecule has 5 heteroatoms. The van der Waals surface area contributed by atoms with Crippen LogP contribution in [0.4, 0.5) is 0 Å². The molecule has 0 saturated heterocycles. The molecule has 0 aromatic rings. The summed E-state index contributed by atoms with van der Waals surface area (Å²) in [5.41, 5.74) is 0. The molecule has 0 aromatic carbocycles. The lowest BCUT2D eigenvalue weighted by molar-refractivity contribution is -0.131. The van der Waals surface area contributed by atoms with Crippen LogP contribution in [-0.4, -0.2) is 46.1 Å². The molecular formula is C35H69NO4. The maximum Gasteiger partial charge on any atom is 0.249 e. The molecule has 0 radical (unpaired) electrons. The number of allylic oxidation sites excluding steroid dienone is 2. The first-order valence-corrected chi connectivity index (χ1v) is 17.5. The molecule has 4 N–H and O–H groups in total. The zero-order chi connectivity index (χ0) is 29.5. The molecule has 238 valence electrons. The van der Waals surface area contributed by atoms with Crippen molar-refractivity contribution in [3.8, 4) is 0 Å². The highest BCUT2D eigenvalue weighted by Gasteiger charge is 2.23. The van der Waals surface area contributed by atoms with Crippen LogP contribution in [0.3, 0.4) is 0 Å². The third-order valence-electron chi connectivity index (χ3n) is 8.13. The molecule has 5 nitrogen and oxygen atoms in total. The summed E-state index contributed by atoms with van der Waals surface area (Å²) in [4.78, 5) is 12.4. The molecule has 0 heterocycles. The largest absolute Gasteiger partial charge is 0.394 e. The van der Waals surface area contributed by atoms with Crippen LogP contribution < -0.4 is 5.32 Å². The summed E-state index contributed by atoms with van der Waals surface area (Å²) in [6.45, 7) is 4.19. The van der Waals surface area contributed by atoms with Gasteiger partial charge in [0.15, 0.2) is 0 Å². The van der Waals surface area contributed by atoms with E-state index >= 15 is 0 Å². The molecule has 0 aliphatic carbocycles. The molecular weight excluding hydrogens is 498 g/mol. The first-order valence-electron chi connectivity index (χ1n) is 17.5. The van der Waals surface area contributed by atoms with Crippen molar-refractivity contribution in [2.24, 2.45) is 0 Å². The molecule has 0 aromatic heterocycles. The van der Waals surface area contributed by atoms with E-state index in [1.54, 1.807) is 0 Å². The molecule has 3 unspecified atom stereocenters. The van der Waals surface area contributed by atoms with E-state index in [1.165, 1.54) is 116 Å². The topological polar surface area (TPSA) is 89.8 Å². The van der Waals surface area contributed by atoms with Gasteiger partial charge in [0.25, 0.3) is 0 Å². The van der Waals surface area contributed by atoms with Crippen molar-refractivity contribution in [2.45, 2.75) is 199 Å². The Bertz CT molecular complexity index is 554. The monoisotopic (exact) mass is 568 g/mol. The zero-order valence-corrected chi connectivity index (χ0v) is 26.7. The average Bonchev–Trinajstić information content (AvgIpc) is 2.96. The smallest absolute Gasteiger partial charge is 0.249 e. The highest BCUT2D eigenvalue weighted by molar-refractivity contribution is 5.80. The van der Waals surface area contributed by atoms with Crippen LogP contribution in [-0.2, 0) is 4.79 Å². The first kappa shape index (κ1) is 39.1. The van der Waals surface area contributed by atoms with E-state index in [2.05, 4.69) is 31.3 Å². The fourth-order valence-corrected chi connectivity index (χ4v) is 5.30. The molecule has 1 amide bonds. The number of carbonyl (C=O) groups excluding carboxylic acids is 1. The Labute approximate surface area is 249 Å². The van der Waals surface area contributed by atoms with Gasteiger partial charge in [0, 0.05) is 0 Å².